The summed E-state index contributed by atoms with van der Waals surface area (Å²) in [7, 11) is 1.55. The van der Waals surface area contributed by atoms with Crippen LogP contribution in [0.2, 0.25) is 5.02 Å². The fraction of sp³-hybridized carbons (Fsp3) is 0.0952. The van der Waals surface area contributed by atoms with Crippen molar-refractivity contribution in [1.82, 2.24) is 9.97 Å². The minimum Gasteiger partial charge on any atom is -0.495 e. The van der Waals surface area contributed by atoms with E-state index in [4.69, 9.17) is 16.3 Å². The molecular formula is C21H16ClN3O2S2. The number of methoxy groups -OCH3 is 1. The quantitative estimate of drug-likeness (QED) is 0.301. The van der Waals surface area contributed by atoms with Crippen LogP contribution in [0.1, 0.15) is 10.8 Å². The number of nitrogens with zero attached hydrogens (tertiary/aromatic N) is 2. The Morgan fingerprint density at radius 2 is 2.00 bits per heavy atom. The Morgan fingerprint density at radius 3 is 2.76 bits per heavy atom. The van der Waals surface area contributed by atoms with E-state index in [1.165, 1.54) is 18.1 Å². The largest absolute Gasteiger partial charge is 0.495 e. The maximum absolute atomic E-state index is 13.2. The van der Waals surface area contributed by atoms with Crippen molar-refractivity contribution in [1.29, 1.82) is 0 Å². The highest BCUT2D eigenvalue weighted by Gasteiger charge is 2.24. The molecule has 1 atom stereocenters. The van der Waals surface area contributed by atoms with Crippen LogP contribution in [0.5, 0.6) is 5.75 Å². The summed E-state index contributed by atoms with van der Waals surface area (Å²) >= 11 is 9.14. The number of hydrogen-bond donors (Lipinski definition) is 1. The van der Waals surface area contributed by atoms with E-state index in [0.29, 0.717) is 16.5 Å². The monoisotopic (exact) mass is 441 g/mol. The molecule has 0 spiro atoms. The van der Waals surface area contributed by atoms with Gasteiger partial charge in [0.15, 0.2) is 0 Å². The van der Waals surface area contributed by atoms with Gasteiger partial charge < -0.3 is 10.1 Å². The third kappa shape index (κ3) is 4.37. The second-order valence-corrected chi connectivity index (χ2v) is 8.46. The van der Waals surface area contributed by atoms with Crippen LogP contribution in [0, 0.1) is 0 Å². The Kier molecular flexibility index (Phi) is 5.99. The van der Waals surface area contributed by atoms with Gasteiger partial charge in [-0.15, -0.1) is 11.3 Å². The molecule has 29 heavy (non-hydrogen) atoms. The lowest BCUT2D eigenvalue weighted by molar-refractivity contribution is -0.115. The fourth-order valence-electron chi connectivity index (χ4n) is 2.83. The number of thiophene rings is 1. The van der Waals surface area contributed by atoms with Crippen LogP contribution in [0.4, 0.5) is 5.69 Å². The number of fused-ring (bicyclic) bond motifs is 1. The maximum atomic E-state index is 13.2. The molecule has 1 amide bonds. The first-order valence-corrected chi connectivity index (χ1v) is 10.8. The van der Waals surface area contributed by atoms with Crippen molar-refractivity contribution in [2.24, 2.45) is 0 Å². The zero-order valence-corrected chi connectivity index (χ0v) is 17.7. The minimum atomic E-state index is -0.491. The zero-order valence-electron chi connectivity index (χ0n) is 15.3. The molecule has 0 bridgehead atoms. The summed E-state index contributed by atoms with van der Waals surface area (Å²) in [6.45, 7) is 0. The zero-order chi connectivity index (χ0) is 20.2. The number of nitrogens with one attached hydrogen (secondary N) is 1. The molecule has 0 aliphatic heterocycles. The van der Waals surface area contributed by atoms with E-state index in [2.05, 4.69) is 15.3 Å². The molecule has 0 aliphatic carbocycles. The molecule has 8 heteroatoms. The lowest BCUT2D eigenvalue weighted by Crippen LogP contribution is -2.19. The van der Waals surface area contributed by atoms with Crippen molar-refractivity contribution in [3.63, 3.8) is 0 Å². The van der Waals surface area contributed by atoms with Crippen molar-refractivity contribution in [3.8, 4) is 5.75 Å². The SMILES string of the molecule is COc1ccc(NC(=O)[C@H](Sc2ncnc3sccc23)c2ccccc2)cc1Cl. The molecule has 4 rings (SSSR count). The number of thioether (sulfide) groups is 1. The van der Waals surface area contributed by atoms with Gasteiger partial charge in [0, 0.05) is 11.1 Å². The number of ether oxygens (including phenoxy) is 1. The van der Waals surface area contributed by atoms with E-state index in [-0.39, 0.29) is 5.91 Å². The van der Waals surface area contributed by atoms with Crippen LogP contribution < -0.4 is 10.1 Å². The van der Waals surface area contributed by atoms with Gasteiger partial charge in [-0.05, 0) is 35.2 Å². The third-order valence-corrected chi connectivity index (χ3v) is 6.60. The first-order chi connectivity index (χ1) is 14.2. The second kappa shape index (κ2) is 8.82. The Hall–Kier alpha value is -2.61. The smallest absolute Gasteiger partial charge is 0.242 e. The lowest BCUT2D eigenvalue weighted by atomic mass is 10.1. The summed E-state index contributed by atoms with van der Waals surface area (Å²) in [6, 6.07) is 16.8. The van der Waals surface area contributed by atoms with Crippen molar-refractivity contribution >= 4 is 56.5 Å². The van der Waals surface area contributed by atoms with E-state index in [1.807, 2.05) is 41.8 Å². The number of amides is 1. The fourth-order valence-corrected chi connectivity index (χ4v) is 4.96. The van der Waals surface area contributed by atoms with Gasteiger partial charge in [-0.25, -0.2) is 9.97 Å². The van der Waals surface area contributed by atoms with Crippen molar-refractivity contribution in [3.05, 3.63) is 76.9 Å². The molecule has 4 aromatic rings. The molecule has 2 aromatic heterocycles. The van der Waals surface area contributed by atoms with E-state index in [9.17, 15) is 4.79 Å². The van der Waals surface area contributed by atoms with Crippen LogP contribution in [-0.4, -0.2) is 23.0 Å². The first kappa shape index (κ1) is 19.7. The Morgan fingerprint density at radius 1 is 1.17 bits per heavy atom. The number of carbonyl (C=O) groups is 1. The van der Waals surface area contributed by atoms with Gasteiger partial charge in [-0.3, -0.25) is 4.79 Å². The topological polar surface area (TPSA) is 64.1 Å². The van der Waals surface area contributed by atoms with Gasteiger partial charge in [0.25, 0.3) is 0 Å². The highest BCUT2D eigenvalue weighted by atomic mass is 35.5. The number of rotatable bonds is 6. The number of anilines is 1. The molecule has 146 valence electrons. The molecule has 0 unspecified atom stereocenters. The van der Waals surface area contributed by atoms with Gasteiger partial charge in [0.1, 0.15) is 27.2 Å². The van der Waals surface area contributed by atoms with Gasteiger partial charge >= 0.3 is 0 Å². The molecule has 5 nitrogen and oxygen atoms in total. The number of benzene rings is 2. The van der Waals surface area contributed by atoms with Crippen LogP contribution in [-0.2, 0) is 4.79 Å². The Bertz CT molecular complexity index is 1150. The lowest BCUT2D eigenvalue weighted by Gasteiger charge is -2.17. The van der Waals surface area contributed by atoms with Crippen LogP contribution in [0.15, 0.2) is 71.3 Å². The molecule has 0 aliphatic rings. The number of hydrogen-bond acceptors (Lipinski definition) is 6. The summed E-state index contributed by atoms with van der Waals surface area (Å²) in [4.78, 5) is 22.8. The molecule has 2 aromatic carbocycles. The highest BCUT2D eigenvalue weighted by molar-refractivity contribution is 8.00. The number of halogens is 1. The normalized spacial score (nSPS) is 11.9. The summed E-state index contributed by atoms with van der Waals surface area (Å²) in [6.07, 6.45) is 1.53. The van der Waals surface area contributed by atoms with E-state index in [0.717, 1.165) is 20.8 Å². The van der Waals surface area contributed by atoms with Crippen molar-refractivity contribution < 1.29 is 9.53 Å². The molecule has 2 heterocycles. The minimum absolute atomic E-state index is 0.163. The van der Waals surface area contributed by atoms with Crippen LogP contribution >= 0.6 is 34.7 Å². The van der Waals surface area contributed by atoms with Crippen LogP contribution in [0.25, 0.3) is 10.2 Å². The molecular weight excluding hydrogens is 426 g/mol. The van der Waals surface area contributed by atoms with Gasteiger partial charge in [0.2, 0.25) is 5.91 Å². The van der Waals surface area contributed by atoms with E-state index in [1.54, 1.807) is 36.6 Å². The Balaban J connectivity index is 1.65. The molecule has 0 saturated carbocycles. The average Bonchev–Trinajstić information content (AvgIpc) is 3.22. The highest BCUT2D eigenvalue weighted by Crippen LogP contribution is 2.39. The van der Waals surface area contributed by atoms with Crippen molar-refractivity contribution in [2.75, 3.05) is 12.4 Å². The summed E-state index contributed by atoms with van der Waals surface area (Å²) in [5.74, 6) is 0.393. The van der Waals surface area contributed by atoms with E-state index < -0.39 is 5.25 Å². The summed E-state index contributed by atoms with van der Waals surface area (Å²) in [5, 5.41) is 6.59. The van der Waals surface area contributed by atoms with Gasteiger partial charge in [-0.1, -0.05) is 53.7 Å². The standard InChI is InChI=1S/C21H16ClN3O2S2/c1-27-17-8-7-14(11-16(17)22)25-19(26)18(13-5-3-2-4-6-13)29-21-15-9-10-28-20(15)23-12-24-21/h2-12,18H,1H3,(H,25,26)/t18-/m1/s1. The predicted octanol–water partition coefficient (Wildman–Crippen LogP) is 5.83. The average molecular weight is 442 g/mol. The number of aromatic nitrogens is 2. The maximum Gasteiger partial charge on any atom is 0.242 e. The second-order valence-electron chi connectivity index (χ2n) is 6.07. The Labute approximate surface area is 181 Å². The van der Waals surface area contributed by atoms with Crippen LogP contribution in [0.3, 0.4) is 0 Å². The molecule has 0 radical (unpaired) electrons. The first-order valence-electron chi connectivity index (χ1n) is 8.70. The predicted molar refractivity (Wildman–Crippen MR) is 119 cm³/mol. The third-order valence-electron chi connectivity index (χ3n) is 4.21. The van der Waals surface area contributed by atoms with Gasteiger partial charge in [-0.2, -0.15) is 0 Å². The van der Waals surface area contributed by atoms with E-state index >= 15 is 0 Å². The molecule has 1 N–H and O–H groups in total. The summed E-state index contributed by atoms with van der Waals surface area (Å²) in [5.41, 5.74) is 1.49. The van der Waals surface area contributed by atoms with Gasteiger partial charge in [0.05, 0.1) is 12.1 Å². The molecule has 0 fully saturated rings. The number of carbonyl (C=O) groups excluding carboxylic acids is 1. The van der Waals surface area contributed by atoms with Crippen molar-refractivity contribution in [2.45, 2.75) is 10.3 Å². The molecule has 0 saturated heterocycles. The summed E-state index contributed by atoms with van der Waals surface area (Å²) < 4.78 is 5.17.